The molecular weight excluding hydrogens is 427 g/mol. The fourth-order valence-electron chi connectivity index (χ4n) is 4.10. The van der Waals surface area contributed by atoms with Crippen LogP contribution in [0.15, 0.2) is 42.7 Å². The first-order valence-corrected chi connectivity index (χ1v) is 11.4. The Morgan fingerprint density at radius 3 is 2.72 bits per heavy atom. The average Bonchev–Trinajstić information content (AvgIpc) is 3.41. The molecule has 2 unspecified atom stereocenters. The van der Waals surface area contributed by atoms with Crippen LogP contribution in [-0.4, -0.2) is 37.7 Å². The molecule has 164 valence electrons. The van der Waals surface area contributed by atoms with E-state index in [0.717, 1.165) is 45.7 Å². The molecule has 3 N–H and O–H groups in total. The molecule has 32 heavy (non-hydrogen) atoms. The summed E-state index contributed by atoms with van der Waals surface area (Å²) >= 11 is 1.58. The van der Waals surface area contributed by atoms with Crippen LogP contribution in [0.4, 0.5) is 21.8 Å². The molecule has 0 spiro atoms. The Balaban J connectivity index is 1.54. The van der Waals surface area contributed by atoms with Crippen molar-refractivity contribution in [3.63, 3.8) is 0 Å². The molecule has 0 amide bonds. The van der Waals surface area contributed by atoms with Crippen molar-refractivity contribution < 1.29 is 9.50 Å². The predicted molar refractivity (Wildman–Crippen MR) is 125 cm³/mol. The van der Waals surface area contributed by atoms with E-state index < -0.39 is 0 Å². The summed E-state index contributed by atoms with van der Waals surface area (Å²) in [7, 11) is 0. The standard InChI is InChI=1S/C23H23FN6OS/c1-13-20(22-29-18-11-25-9-8-19(18)32-22)21(27-17-5-2-14(10-17)12-31)30-23(26-13)28-16-6-3-15(24)4-7-16/h3-4,6-9,11,14,17,31H,2,5,10,12H2,1H3,(H2,26,27,28,30). The number of aromatic nitrogens is 4. The van der Waals surface area contributed by atoms with Crippen LogP contribution in [0, 0.1) is 18.7 Å². The normalized spacial score (nSPS) is 18.2. The minimum absolute atomic E-state index is 0.204. The first kappa shape index (κ1) is 20.7. The van der Waals surface area contributed by atoms with Crippen LogP contribution >= 0.6 is 11.3 Å². The fraction of sp³-hybridized carbons (Fsp3) is 0.304. The van der Waals surface area contributed by atoms with Gasteiger partial charge in [-0.25, -0.2) is 14.4 Å². The number of nitrogens with zero attached hydrogens (tertiary/aromatic N) is 4. The highest BCUT2D eigenvalue weighted by molar-refractivity contribution is 7.21. The Morgan fingerprint density at radius 1 is 1.12 bits per heavy atom. The molecule has 1 saturated carbocycles. The molecule has 5 rings (SSSR count). The van der Waals surface area contributed by atoms with Crippen LogP contribution in [0.25, 0.3) is 20.8 Å². The molecule has 0 aliphatic heterocycles. The van der Waals surface area contributed by atoms with Crippen LogP contribution in [0.3, 0.4) is 0 Å². The number of pyridine rings is 1. The summed E-state index contributed by atoms with van der Waals surface area (Å²) in [5.74, 6) is 1.15. The first-order chi connectivity index (χ1) is 15.6. The second kappa shape index (κ2) is 8.76. The molecule has 3 aromatic heterocycles. The van der Waals surface area contributed by atoms with Gasteiger partial charge < -0.3 is 15.7 Å². The lowest BCUT2D eigenvalue weighted by Crippen LogP contribution is -2.19. The molecule has 0 radical (unpaired) electrons. The van der Waals surface area contributed by atoms with Crippen molar-refractivity contribution in [3.8, 4) is 10.6 Å². The Hall–Kier alpha value is -3.17. The van der Waals surface area contributed by atoms with Gasteiger partial charge in [-0.15, -0.1) is 11.3 Å². The second-order valence-corrected chi connectivity index (χ2v) is 9.08. The Labute approximate surface area is 188 Å². The third-order valence-corrected chi connectivity index (χ3v) is 6.79. The van der Waals surface area contributed by atoms with E-state index in [0.29, 0.717) is 23.4 Å². The highest BCUT2D eigenvalue weighted by Gasteiger charge is 2.26. The highest BCUT2D eigenvalue weighted by atomic mass is 32.1. The molecule has 2 atom stereocenters. The van der Waals surface area contributed by atoms with Crippen molar-refractivity contribution in [1.29, 1.82) is 0 Å². The summed E-state index contributed by atoms with van der Waals surface area (Å²) in [5, 5.41) is 17.1. The third-order valence-electron chi connectivity index (χ3n) is 5.73. The number of aliphatic hydroxyl groups is 1. The Morgan fingerprint density at radius 2 is 1.97 bits per heavy atom. The van der Waals surface area contributed by atoms with E-state index in [2.05, 4.69) is 20.6 Å². The van der Waals surface area contributed by atoms with Crippen molar-refractivity contribution in [2.24, 2.45) is 5.92 Å². The number of nitrogens with one attached hydrogen (secondary N) is 2. The fourth-order valence-corrected chi connectivity index (χ4v) is 5.13. The molecule has 7 nitrogen and oxygen atoms in total. The summed E-state index contributed by atoms with van der Waals surface area (Å²) in [5.41, 5.74) is 3.20. The SMILES string of the molecule is Cc1nc(Nc2ccc(F)cc2)nc(NC2CCC(CO)C2)c1-c1nc2cnccc2s1. The van der Waals surface area contributed by atoms with Gasteiger partial charge >= 0.3 is 0 Å². The van der Waals surface area contributed by atoms with Gasteiger partial charge in [0.05, 0.1) is 22.2 Å². The van der Waals surface area contributed by atoms with E-state index in [1.165, 1.54) is 12.1 Å². The zero-order valence-electron chi connectivity index (χ0n) is 17.5. The molecule has 1 fully saturated rings. The van der Waals surface area contributed by atoms with E-state index in [1.54, 1.807) is 35.9 Å². The van der Waals surface area contributed by atoms with Crippen molar-refractivity contribution in [2.75, 3.05) is 17.2 Å². The predicted octanol–water partition coefficient (Wildman–Crippen LogP) is 4.91. The maximum Gasteiger partial charge on any atom is 0.229 e. The van der Waals surface area contributed by atoms with Gasteiger partial charge in [-0.3, -0.25) is 4.98 Å². The van der Waals surface area contributed by atoms with Crippen molar-refractivity contribution in [3.05, 3.63) is 54.2 Å². The lowest BCUT2D eigenvalue weighted by Gasteiger charge is -2.18. The summed E-state index contributed by atoms with van der Waals surface area (Å²) in [4.78, 5) is 18.4. The number of fused-ring (bicyclic) bond motifs is 1. The zero-order valence-corrected chi connectivity index (χ0v) is 18.4. The van der Waals surface area contributed by atoms with Crippen LogP contribution in [0.1, 0.15) is 25.0 Å². The van der Waals surface area contributed by atoms with Gasteiger partial charge in [0, 0.05) is 24.5 Å². The van der Waals surface area contributed by atoms with Gasteiger partial charge in [0.25, 0.3) is 0 Å². The molecule has 1 aliphatic carbocycles. The third kappa shape index (κ3) is 4.26. The molecule has 4 aromatic rings. The van der Waals surface area contributed by atoms with Gasteiger partial charge in [-0.1, -0.05) is 0 Å². The number of benzene rings is 1. The smallest absolute Gasteiger partial charge is 0.229 e. The molecular formula is C23H23FN6OS. The van der Waals surface area contributed by atoms with E-state index in [-0.39, 0.29) is 18.5 Å². The van der Waals surface area contributed by atoms with Gasteiger partial charge in [-0.2, -0.15) is 4.98 Å². The van der Waals surface area contributed by atoms with E-state index >= 15 is 0 Å². The number of rotatable bonds is 6. The summed E-state index contributed by atoms with van der Waals surface area (Å²) in [6.07, 6.45) is 6.37. The van der Waals surface area contributed by atoms with Crippen molar-refractivity contribution in [2.45, 2.75) is 32.2 Å². The first-order valence-electron chi connectivity index (χ1n) is 10.6. The zero-order chi connectivity index (χ0) is 22.1. The minimum Gasteiger partial charge on any atom is -0.396 e. The minimum atomic E-state index is -0.296. The van der Waals surface area contributed by atoms with Crippen LogP contribution < -0.4 is 10.6 Å². The second-order valence-electron chi connectivity index (χ2n) is 8.05. The Kier molecular flexibility index (Phi) is 5.67. The number of anilines is 3. The van der Waals surface area contributed by atoms with Crippen LogP contribution in [0.2, 0.25) is 0 Å². The molecule has 9 heteroatoms. The van der Waals surface area contributed by atoms with Crippen LogP contribution in [-0.2, 0) is 0 Å². The molecule has 1 aromatic carbocycles. The van der Waals surface area contributed by atoms with Crippen molar-refractivity contribution >= 4 is 39.0 Å². The molecule has 3 heterocycles. The Bertz CT molecular complexity index is 1210. The summed E-state index contributed by atoms with van der Waals surface area (Å²) in [6.45, 7) is 2.14. The lowest BCUT2D eigenvalue weighted by molar-refractivity contribution is 0.229. The highest BCUT2D eigenvalue weighted by Crippen LogP contribution is 2.38. The number of hydrogen-bond donors (Lipinski definition) is 3. The number of aliphatic hydroxyl groups excluding tert-OH is 1. The maximum absolute atomic E-state index is 13.3. The molecule has 1 aliphatic rings. The van der Waals surface area contributed by atoms with Gasteiger partial charge in [-0.05, 0) is 62.4 Å². The topological polar surface area (TPSA) is 95.9 Å². The quantitative estimate of drug-likeness (QED) is 0.384. The van der Waals surface area contributed by atoms with E-state index in [4.69, 9.17) is 9.97 Å². The van der Waals surface area contributed by atoms with Gasteiger partial charge in [0.1, 0.15) is 22.2 Å². The van der Waals surface area contributed by atoms with Gasteiger partial charge in [0.2, 0.25) is 5.95 Å². The monoisotopic (exact) mass is 450 g/mol. The maximum atomic E-state index is 13.3. The largest absolute Gasteiger partial charge is 0.396 e. The van der Waals surface area contributed by atoms with E-state index in [1.807, 2.05) is 13.0 Å². The van der Waals surface area contributed by atoms with E-state index in [9.17, 15) is 9.50 Å². The number of aryl methyl sites for hydroxylation is 1. The number of halogens is 1. The average molecular weight is 451 g/mol. The summed E-state index contributed by atoms with van der Waals surface area (Å²) < 4.78 is 14.3. The molecule has 0 bridgehead atoms. The number of thiazole rings is 1. The lowest BCUT2D eigenvalue weighted by atomic mass is 10.1. The van der Waals surface area contributed by atoms with Gasteiger partial charge in [0.15, 0.2) is 0 Å². The van der Waals surface area contributed by atoms with Crippen molar-refractivity contribution in [1.82, 2.24) is 19.9 Å². The van der Waals surface area contributed by atoms with Crippen LogP contribution in [0.5, 0.6) is 0 Å². The molecule has 0 saturated heterocycles. The number of hydrogen-bond acceptors (Lipinski definition) is 8. The summed E-state index contributed by atoms with van der Waals surface area (Å²) in [6, 6.07) is 8.26.